The van der Waals surface area contributed by atoms with Crippen LogP contribution < -0.4 is 10.1 Å². The molecule has 0 aliphatic carbocycles. The quantitative estimate of drug-likeness (QED) is 0.390. The molecule has 0 unspecified atom stereocenters. The van der Waals surface area contributed by atoms with Gasteiger partial charge in [0, 0.05) is 30.8 Å². The van der Waals surface area contributed by atoms with E-state index in [1.54, 1.807) is 24.3 Å². The highest BCUT2D eigenvalue weighted by Gasteiger charge is 2.35. The number of carbonyl (C=O) groups excluding carboxylic acids is 1. The lowest BCUT2D eigenvalue weighted by Crippen LogP contribution is -2.18. The Morgan fingerprint density at radius 3 is 2.60 bits per heavy atom. The van der Waals surface area contributed by atoms with Crippen molar-refractivity contribution in [1.29, 1.82) is 0 Å². The zero-order valence-electron chi connectivity index (χ0n) is 18.1. The van der Waals surface area contributed by atoms with E-state index in [4.69, 9.17) is 8.92 Å². The zero-order chi connectivity index (χ0) is 25.4. The predicted octanol–water partition coefficient (Wildman–Crippen LogP) is 3.53. The summed E-state index contributed by atoms with van der Waals surface area (Å²) in [5, 5.41) is 6.62. The highest BCUT2D eigenvalue weighted by atomic mass is 32.2. The van der Waals surface area contributed by atoms with Gasteiger partial charge in [0.25, 0.3) is 10.1 Å². The van der Waals surface area contributed by atoms with Gasteiger partial charge in [-0.3, -0.25) is 18.7 Å². The van der Waals surface area contributed by atoms with E-state index in [-0.39, 0.29) is 24.0 Å². The summed E-state index contributed by atoms with van der Waals surface area (Å²) >= 11 is 0. The smallest absolute Gasteiger partial charge is 0.433 e. The van der Waals surface area contributed by atoms with E-state index < -0.39 is 28.0 Å². The van der Waals surface area contributed by atoms with Crippen molar-refractivity contribution < 1.29 is 35.3 Å². The van der Waals surface area contributed by atoms with Gasteiger partial charge in [0.15, 0.2) is 5.82 Å². The molecule has 0 saturated heterocycles. The lowest BCUT2D eigenvalue weighted by atomic mass is 10.2. The molecule has 11 nitrogen and oxygen atoms in total. The number of rotatable bonds is 6. The lowest BCUT2D eigenvalue weighted by molar-refractivity contribution is -0.143. The number of carbonyl (C=O) groups is 1. The minimum atomic E-state index is -4.60. The molecule has 35 heavy (non-hydrogen) atoms. The summed E-state index contributed by atoms with van der Waals surface area (Å²) in [5.74, 6) is 0.258. The number of hydrogen-bond acceptors (Lipinski definition) is 8. The van der Waals surface area contributed by atoms with Gasteiger partial charge in [-0.2, -0.15) is 26.7 Å². The second-order valence-electron chi connectivity index (χ2n) is 7.29. The summed E-state index contributed by atoms with van der Waals surface area (Å²) < 4.78 is 73.4. The fourth-order valence-electron chi connectivity index (χ4n) is 3.12. The number of alkyl halides is 3. The van der Waals surface area contributed by atoms with E-state index in [1.165, 1.54) is 23.2 Å². The molecule has 1 aromatic carbocycles. The summed E-state index contributed by atoms with van der Waals surface area (Å²) in [6.07, 6.45) is -1.05. The fraction of sp³-hybridized carbons (Fsp3) is 0.200. The average molecular weight is 510 g/mol. The molecule has 0 atom stereocenters. The summed E-state index contributed by atoms with van der Waals surface area (Å²) in [6, 6.07) is 7.83. The maximum atomic E-state index is 13.0. The van der Waals surface area contributed by atoms with Crippen LogP contribution in [0.15, 0.2) is 48.9 Å². The standard InChI is InChI=1S/C20H17F3N6O5S/c1-28-16(20(21,22)23)9-17(27-28)26-19(30)29-6-5-12-7-14(3-4-15(12)29)34-18-8-13(24-11-25-18)10-33-35(2,31)32/h3-9,11H,10H2,1-2H3,(H,26,27,30). The van der Waals surface area contributed by atoms with Crippen molar-refractivity contribution in [2.45, 2.75) is 12.8 Å². The summed E-state index contributed by atoms with van der Waals surface area (Å²) in [6.45, 7) is -0.282. The molecule has 184 valence electrons. The normalized spacial score (nSPS) is 12.1. The number of aromatic nitrogens is 5. The molecule has 0 fully saturated rings. The third-order valence-corrected chi connectivity index (χ3v) is 5.17. The van der Waals surface area contributed by atoms with Crippen LogP contribution in [0.25, 0.3) is 10.9 Å². The minimum Gasteiger partial charge on any atom is -0.439 e. The molecule has 0 aliphatic rings. The second-order valence-corrected chi connectivity index (χ2v) is 8.93. The van der Waals surface area contributed by atoms with Crippen LogP contribution in [0.3, 0.4) is 0 Å². The monoisotopic (exact) mass is 510 g/mol. The Bertz CT molecular complexity index is 1510. The number of nitrogens with zero attached hydrogens (tertiary/aromatic N) is 5. The van der Waals surface area contributed by atoms with Crippen LogP contribution in [0.5, 0.6) is 11.6 Å². The molecule has 15 heteroatoms. The molecular formula is C20H17F3N6O5S. The van der Waals surface area contributed by atoms with Crippen molar-refractivity contribution in [2.75, 3.05) is 11.6 Å². The van der Waals surface area contributed by atoms with Gasteiger partial charge in [-0.25, -0.2) is 14.8 Å². The van der Waals surface area contributed by atoms with Gasteiger partial charge in [-0.05, 0) is 24.3 Å². The molecule has 0 bridgehead atoms. The molecule has 0 radical (unpaired) electrons. The van der Waals surface area contributed by atoms with Crippen molar-refractivity contribution in [3.05, 3.63) is 60.3 Å². The van der Waals surface area contributed by atoms with Gasteiger partial charge in [0.1, 0.15) is 24.4 Å². The maximum absolute atomic E-state index is 13.0. The number of benzene rings is 1. The molecule has 0 spiro atoms. The Balaban J connectivity index is 1.49. The maximum Gasteiger partial charge on any atom is 0.433 e. The van der Waals surface area contributed by atoms with E-state index in [2.05, 4.69) is 20.4 Å². The lowest BCUT2D eigenvalue weighted by Gasteiger charge is -2.08. The number of aryl methyl sites for hydroxylation is 1. The summed E-state index contributed by atoms with van der Waals surface area (Å²) in [5.41, 5.74) is -0.248. The highest BCUT2D eigenvalue weighted by Crippen LogP contribution is 2.31. The first-order chi connectivity index (χ1) is 16.4. The number of anilines is 1. The molecule has 0 aliphatic heterocycles. The third-order valence-electron chi connectivity index (χ3n) is 4.63. The van der Waals surface area contributed by atoms with E-state index in [0.29, 0.717) is 21.3 Å². The third kappa shape index (κ3) is 5.75. The number of ether oxygens (including phenoxy) is 1. The van der Waals surface area contributed by atoms with Gasteiger partial charge in [-0.15, -0.1) is 0 Å². The highest BCUT2D eigenvalue weighted by molar-refractivity contribution is 7.85. The van der Waals surface area contributed by atoms with E-state index in [1.807, 2.05) is 0 Å². The first kappa shape index (κ1) is 24.2. The number of amides is 1. The van der Waals surface area contributed by atoms with Crippen molar-refractivity contribution in [3.63, 3.8) is 0 Å². The van der Waals surface area contributed by atoms with Crippen LogP contribution in [0, 0.1) is 0 Å². The van der Waals surface area contributed by atoms with Gasteiger partial charge in [0.05, 0.1) is 17.5 Å². The predicted molar refractivity (Wildman–Crippen MR) is 116 cm³/mol. The van der Waals surface area contributed by atoms with Crippen LogP contribution in [0.4, 0.5) is 23.8 Å². The Hall–Kier alpha value is -3.98. The van der Waals surface area contributed by atoms with Crippen molar-refractivity contribution in [3.8, 4) is 11.6 Å². The van der Waals surface area contributed by atoms with Crippen molar-refractivity contribution in [2.24, 2.45) is 7.05 Å². The zero-order valence-corrected chi connectivity index (χ0v) is 19.0. The topological polar surface area (TPSA) is 130 Å². The first-order valence-electron chi connectivity index (χ1n) is 9.76. The van der Waals surface area contributed by atoms with E-state index >= 15 is 0 Å². The van der Waals surface area contributed by atoms with E-state index in [0.717, 1.165) is 19.4 Å². The Morgan fingerprint density at radius 1 is 1.14 bits per heavy atom. The number of hydrogen-bond donors (Lipinski definition) is 1. The number of fused-ring (bicyclic) bond motifs is 1. The first-order valence-corrected chi connectivity index (χ1v) is 11.6. The van der Waals surface area contributed by atoms with Gasteiger partial charge in [0.2, 0.25) is 5.88 Å². The van der Waals surface area contributed by atoms with Gasteiger partial charge in [-0.1, -0.05) is 0 Å². The molecule has 3 aromatic heterocycles. The van der Waals surface area contributed by atoms with Crippen molar-refractivity contribution in [1.82, 2.24) is 24.3 Å². The fourth-order valence-corrected chi connectivity index (χ4v) is 3.46. The van der Waals surface area contributed by atoms with E-state index in [9.17, 15) is 26.4 Å². The SMILES string of the molecule is Cn1nc(NC(=O)n2ccc3cc(Oc4cc(COS(C)(=O)=O)ncn4)ccc32)cc1C(F)(F)F. The van der Waals surface area contributed by atoms with Crippen LogP contribution in [0.2, 0.25) is 0 Å². The van der Waals surface area contributed by atoms with Gasteiger partial charge >= 0.3 is 12.2 Å². The molecule has 0 saturated carbocycles. The van der Waals surface area contributed by atoms with Crippen LogP contribution in [0.1, 0.15) is 11.4 Å². The van der Waals surface area contributed by atoms with Gasteiger partial charge < -0.3 is 4.74 Å². The molecule has 3 heterocycles. The average Bonchev–Trinajstić information content (AvgIpc) is 3.35. The summed E-state index contributed by atoms with van der Waals surface area (Å²) in [7, 11) is -2.51. The largest absolute Gasteiger partial charge is 0.439 e. The second kappa shape index (κ2) is 8.99. The Labute approximate surface area is 196 Å². The molecule has 1 N–H and O–H groups in total. The van der Waals surface area contributed by atoms with Crippen molar-refractivity contribution >= 4 is 32.9 Å². The number of halogens is 3. The molecule has 4 rings (SSSR count). The van der Waals surface area contributed by atoms with Crippen LogP contribution >= 0.6 is 0 Å². The Morgan fingerprint density at radius 2 is 1.91 bits per heavy atom. The Kier molecular flexibility index (Phi) is 6.21. The molecule has 1 amide bonds. The van der Waals surface area contributed by atoms with Crippen LogP contribution in [-0.4, -0.2) is 45.0 Å². The van der Waals surface area contributed by atoms with Crippen LogP contribution in [-0.2, 0) is 34.1 Å². The minimum absolute atomic E-state index is 0.138. The summed E-state index contributed by atoms with van der Waals surface area (Å²) in [4.78, 5) is 20.5. The number of nitrogens with one attached hydrogen (secondary N) is 1. The molecular weight excluding hydrogens is 493 g/mol. The molecule has 4 aromatic rings.